The van der Waals surface area contributed by atoms with Gasteiger partial charge in [0.1, 0.15) is 17.4 Å². The van der Waals surface area contributed by atoms with Crippen LogP contribution in [0.15, 0.2) is 53.3 Å². The van der Waals surface area contributed by atoms with E-state index in [0.29, 0.717) is 27.9 Å². The molecule has 2 N–H and O–H groups in total. The highest BCUT2D eigenvalue weighted by Crippen LogP contribution is 2.25. The number of hydrogen-bond acceptors (Lipinski definition) is 4. The van der Waals surface area contributed by atoms with Crippen LogP contribution in [-0.4, -0.2) is 23.0 Å². The third-order valence-electron chi connectivity index (χ3n) is 4.31. The minimum Gasteiger partial charge on any atom is -0.496 e. The Kier molecular flexibility index (Phi) is 6.29. The number of carbonyl (C=O) groups excluding carboxylic acids is 1. The predicted octanol–water partition coefficient (Wildman–Crippen LogP) is 3.59. The van der Waals surface area contributed by atoms with Crippen LogP contribution in [0.5, 0.6) is 5.75 Å². The summed E-state index contributed by atoms with van der Waals surface area (Å²) in [6, 6.07) is 11.3. The van der Waals surface area contributed by atoms with Gasteiger partial charge in [-0.2, -0.15) is 0 Å². The third-order valence-corrected chi connectivity index (χ3v) is 4.55. The van der Waals surface area contributed by atoms with Crippen molar-refractivity contribution in [2.75, 3.05) is 7.11 Å². The number of nitrogens with one attached hydrogen (secondary N) is 2. The first-order valence-corrected chi connectivity index (χ1v) is 9.20. The molecule has 0 bridgehead atoms. The third kappa shape index (κ3) is 5.20. The van der Waals surface area contributed by atoms with Crippen molar-refractivity contribution in [2.45, 2.75) is 19.4 Å². The Morgan fingerprint density at radius 1 is 1.24 bits per heavy atom. The van der Waals surface area contributed by atoms with Crippen molar-refractivity contribution in [3.05, 3.63) is 92.4 Å². The lowest BCUT2D eigenvalue weighted by molar-refractivity contribution is 0.0933. The van der Waals surface area contributed by atoms with Gasteiger partial charge in [0.25, 0.3) is 11.5 Å². The summed E-state index contributed by atoms with van der Waals surface area (Å²) in [6.45, 7) is 1.67. The second-order valence-electron chi connectivity index (χ2n) is 6.45. The second-order valence-corrected chi connectivity index (χ2v) is 6.88. The Hall–Kier alpha value is -3.19. The van der Waals surface area contributed by atoms with Gasteiger partial charge in [0.05, 0.1) is 24.4 Å². The van der Waals surface area contributed by atoms with E-state index in [4.69, 9.17) is 16.3 Å². The monoisotopic (exact) mass is 415 g/mol. The van der Waals surface area contributed by atoms with Gasteiger partial charge in [0.2, 0.25) is 0 Å². The van der Waals surface area contributed by atoms with E-state index in [0.717, 1.165) is 0 Å². The number of aromatic amines is 1. The van der Waals surface area contributed by atoms with Gasteiger partial charge in [0.15, 0.2) is 0 Å². The first-order valence-electron chi connectivity index (χ1n) is 8.82. The summed E-state index contributed by atoms with van der Waals surface area (Å²) >= 11 is 6.03. The van der Waals surface area contributed by atoms with Crippen LogP contribution < -0.4 is 15.6 Å². The quantitative estimate of drug-likeness (QED) is 0.644. The lowest BCUT2D eigenvalue weighted by Crippen LogP contribution is -2.31. The zero-order valence-electron chi connectivity index (χ0n) is 15.8. The molecule has 3 aromatic rings. The van der Waals surface area contributed by atoms with Gasteiger partial charge >= 0.3 is 0 Å². The van der Waals surface area contributed by atoms with Gasteiger partial charge in [0, 0.05) is 17.5 Å². The molecule has 0 aliphatic rings. The van der Waals surface area contributed by atoms with Crippen LogP contribution in [0.4, 0.5) is 4.39 Å². The number of methoxy groups -OCH3 is 1. The van der Waals surface area contributed by atoms with Crippen LogP contribution >= 0.6 is 11.6 Å². The molecule has 0 radical (unpaired) electrons. The molecule has 0 unspecified atom stereocenters. The Morgan fingerprint density at radius 2 is 1.97 bits per heavy atom. The van der Waals surface area contributed by atoms with Gasteiger partial charge in [-0.05, 0) is 42.8 Å². The van der Waals surface area contributed by atoms with Crippen LogP contribution in [0, 0.1) is 12.7 Å². The number of nitrogens with zero attached hydrogens (tertiary/aromatic N) is 1. The maximum Gasteiger partial charge on any atom is 0.255 e. The second kappa shape index (κ2) is 8.87. The molecule has 3 rings (SSSR count). The molecule has 29 heavy (non-hydrogen) atoms. The maximum absolute atomic E-state index is 13.4. The number of aromatic nitrogens is 2. The highest BCUT2D eigenvalue weighted by molar-refractivity contribution is 6.31. The Labute approximate surface area is 171 Å². The molecule has 0 saturated carbocycles. The average Bonchev–Trinajstić information content (AvgIpc) is 2.67. The Balaban J connectivity index is 1.94. The first-order chi connectivity index (χ1) is 13.9. The van der Waals surface area contributed by atoms with E-state index in [-0.39, 0.29) is 23.4 Å². The molecule has 2 aromatic carbocycles. The number of aryl methyl sites for hydroxylation is 1. The minimum absolute atomic E-state index is 0.241. The molecule has 1 atom stereocenters. The normalized spacial score (nSPS) is 11.7. The van der Waals surface area contributed by atoms with Gasteiger partial charge in [-0.25, -0.2) is 9.37 Å². The summed E-state index contributed by atoms with van der Waals surface area (Å²) in [4.78, 5) is 31.6. The standard InChI is InChI=1S/C21H19ClFN3O3/c1-12-24-16(11-20(27)25-12)10-18(13-3-6-15(23)7-4-13)26-21(28)17-9-14(22)5-8-19(17)29-2/h3-9,11,18H,10H2,1-2H3,(H,26,28)(H,24,25,27)/t18-/m1/s1. The topological polar surface area (TPSA) is 84.1 Å². The van der Waals surface area contributed by atoms with Crippen LogP contribution in [0.2, 0.25) is 5.02 Å². The molecular weight excluding hydrogens is 397 g/mol. The van der Waals surface area contributed by atoms with E-state index in [9.17, 15) is 14.0 Å². The first kappa shape index (κ1) is 20.5. The average molecular weight is 416 g/mol. The van der Waals surface area contributed by atoms with Crippen molar-refractivity contribution < 1.29 is 13.9 Å². The summed E-state index contributed by atoms with van der Waals surface area (Å²) in [5.41, 5.74) is 1.15. The number of H-pyrrole nitrogens is 1. The maximum atomic E-state index is 13.4. The van der Waals surface area contributed by atoms with E-state index < -0.39 is 11.9 Å². The zero-order valence-corrected chi connectivity index (χ0v) is 16.6. The predicted molar refractivity (Wildman–Crippen MR) is 108 cm³/mol. The van der Waals surface area contributed by atoms with Gasteiger partial charge in [-0.15, -0.1) is 0 Å². The fourth-order valence-electron chi connectivity index (χ4n) is 3.00. The fraction of sp³-hybridized carbons (Fsp3) is 0.190. The molecule has 1 aromatic heterocycles. The summed E-state index contributed by atoms with van der Waals surface area (Å²) < 4.78 is 18.6. The van der Waals surface area contributed by atoms with Crippen LogP contribution in [0.3, 0.4) is 0 Å². The number of rotatable bonds is 6. The molecule has 0 aliphatic carbocycles. The molecule has 0 aliphatic heterocycles. The molecule has 1 amide bonds. The van der Waals surface area contributed by atoms with Crippen molar-refractivity contribution >= 4 is 17.5 Å². The SMILES string of the molecule is COc1ccc(Cl)cc1C(=O)N[C@H](Cc1cc(=O)[nH]c(C)n1)c1ccc(F)cc1. The molecule has 0 fully saturated rings. The van der Waals surface area contributed by atoms with Gasteiger partial charge in [-0.3, -0.25) is 9.59 Å². The van der Waals surface area contributed by atoms with Crippen LogP contribution in [-0.2, 0) is 6.42 Å². The molecule has 8 heteroatoms. The highest BCUT2D eigenvalue weighted by atomic mass is 35.5. The summed E-state index contributed by atoms with van der Waals surface area (Å²) in [6.07, 6.45) is 0.241. The van der Waals surface area contributed by atoms with Crippen molar-refractivity contribution in [1.29, 1.82) is 0 Å². The minimum atomic E-state index is -0.555. The Morgan fingerprint density at radius 3 is 2.62 bits per heavy atom. The van der Waals surface area contributed by atoms with Crippen LogP contribution in [0.1, 0.15) is 33.5 Å². The molecule has 150 valence electrons. The number of hydrogen-bond donors (Lipinski definition) is 2. The number of amides is 1. The molecular formula is C21H19ClFN3O3. The van der Waals surface area contributed by atoms with Gasteiger partial charge in [-0.1, -0.05) is 23.7 Å². The van der Waals surface area contributed by atoms with E-state index >= 15 is 0 Å². The van der Waals surface area contributed by atoms with E-state index in [1.807, 2.05) is 0 Å². The summed E-state index contributed by atoms with van der Waals surface area (Å²) in [5.74, 6) is 0.0313. The smallest absolute Gasteiger partial charge is 0.255 e. The van der Waals surface area contributed by atoms with Gasteiger partial charge < -0.3 is 15.0 Å². The van der Waals surface area contributed by atoms with E-state index in [1.165, 1.54) is 31.4 Å². The largest absolute Gasteiger partial charge is 0.496 e. The van der Waals surface area contributed by atoms with Crippen molar-refractivity contribution in [3.63, 3.8) is 0 Å². The lowest BCUT2D eigenvalue weighted by Gasteiger charge is -2.20. The molecule has 1 heterocycles. The molecule has 0 spiro atoms. The molecule has 0 saturated heterocycles. The number of halogens is 2. The molecule has 6 nitrogen and oxygen atoms in total. The van der Waals surface area contributed by atoms with Crippen molar-refractivity contribution in [3.8, 4) is 5.75 Å². The number of carbonyl (C=O) groups is 1. The highest BCUT2D eigenvalue weighted by Gasteiger charge is 2.20. The number of ether oxygens (including phenoxy) is 1. The van der Waals surface area contributed by atoms with Crippen LogP contribution in [0.25, 0.3) is 0 Å². The van der Waals surface area contributed by atoms with Crippen molar-refractivity contribution in [2.24, 2.45) is 0 Å². The Bertz CT molecular complexity index is 1080. The number of benzene rings is 2. The lowest BCUT2D eigenvalue weighted by atomic mass is 10.0. The van der Waals surface area contributed by atoms with E-state index in [2.05, 4.69) is 15.3 Å². The summed E-state index contributed by atoms with van der Waals surface area (Å²) in [7, 11) is 1.46. The van der Waals surface area contributed by atoms with E-state index in [1.54, 1.807) is 31.2 Å². The zero-order chi connectivity index (χ0) is 21.0. The summed E-state index contributed by atoms with van der Waals surface area (Å²) in [5, 5.41) is 3.30. The fourth-order valence-corrected chi connectivity index (χ4v) is 3.17. The van der Waals surface area contributed by atoms with Crippen molar-refractivity contribution in [1.82, 2.24) is 15.3 Å².